The Morgan fingerprint density at radius 3 is 2.56 bits per heavy atom. The zero-order valence-corrected chi connectivity index (χ0v) is 10.5. The van der Waals surface area contributed by atoms with Crippen molar-refractivity contribution in [3.8, 4) is 0 Å². The van der Waals surface area contributed by atoms with Gasteiger partial charge in [0.2, 0.25) is 5.89 Å². The highest BCUT2D eigenvalue weighted by Gasteiger charge is 2.30. The van der Waals surface area contributed by atoms with Crippen molar-refractivity contribution in [1.82, 2.24) is 15.5 Å². The number of halogens is 1. The van der Waals surface area contributed by atoms with Crippen LogP contribution < -0.4 is 5.32 Å². The van der Waals surface area contributed by atoms with E-state index in [1.807, 2.05) is 20.8 Å². The summed E-state index contributed by atoms with van der Waals surface area (Å²) in [5.74, 6) is 1.29. The molecule has 0 spiro atoms. The van der Waals surface area contributed by atoms with Gasteiger partial charge in [0.15, 0.2) is 5.82 Å². The molecule has 1 aliphatic heterocycles. The number of hydrogen-bond acceptors (Lipinski definition) is 5. The van der Waals surface area contributed by atoms with Crippen molar-refractivity contribution in [3.63, 3.8) is 0 Å². The van der Waals surface area contributed by atoms with E-state index in [0.717, 1.165) is 0 Å². The van der Waals surface area contributed by atoms with Crippen LogP contribution in [0, 0.1) is 0 Å². The third kappa shape index (κ3) is 2.72. The van der Waals surface area contributed by atoms with Crippen LogP contribution in [0.4, 0.5) is 0 Å². The maximum Gasteiger partial charge on any atom is 0.243 e. The molecule has 1 aromatic rings. The molecule has 0 radical (unpaired) electrons. The summed E-state index contributed by atoms with van der Waals surface area (Å²) in [7, 11) is 0. The van der Waals surface area contributed by atoms with Gasteiger partial charge in [0.05, 0.1) is 12.1 Å². The van der Waals surface area contributed by atoms with Gasteiger partial charge in [0, 0.05) is 12.0 Å². The van der Waals surface area contributed by atoms with Crippen LogP contribution in [0.2, 0.25) is 0 Å². The van der Waals surface area contributed by atoms with Crippen molar-refractivity contribution in [2.75, 3.05) is 6.54 Å². The number of hydrogen-bond donors (Lipinski definition) is 2. The molecule has 1 aliphatic rings. The van der Waals surface area contributed by atoms with Crippen LogP contribution in [0.3, 0.4) is 0 Å². The van der Waals surface area contributed by atoms with Crippen LogP contribution >= 0.6 is 12.4 Å². The number of nitrogens with zero attached hydrogens (tertiary/aromatic N) is 2. The van der Waals surface area contributed by atoms with E-state index in [9.17, 15) is 5.11 Å². The summed E-state index contributed by atoms with van der Waals surface area (Å²) in [6.07, 6.45) is 0.339. The van der Waals surface area contributed by atoms with Crippen LogP contribution in [-0.4, -0.2) is 27.9 Å². The van der Waals surface area contributed by atoms with Crippen molar-refractivity contribution >= 4 is 12.4 Å². The van der Waals surface area contributed by atoms with Gasteiger partial charge >= 0.3 is 0 Å². The quantitative estimate of drug-likeness (QED) is 0.780. The Bertz CT molecular complexity index is 348. The first-order valence-corrected chi connectivity index (χ1v) is 5.22. The minimum Gasteiger partial charge on any atom is -0.392 e. The van der Waals surface area contributed by atoms with Gasteiger partial charge in [-0.3, -0.25) is 0 Å². The Morgan fingerprint density at radius 2 is 2.12 bits per heavy atom. The summed E-state index contributed by atoms with van der Waals surface area (Å²) < 4.78 is 5.19. The molecule has 1 aromatic heterocycles. The largest absolute Gasteiger partial charge is 0.392 e. The van der Waals surface area contributed by atoms with Gasteiger partial charge in [-0.25, -0.2) is 0 Å². The first-order valence-electron chi connectivity index (χ1n) is 5.22. The van der Waals surface area contributed by atoms with E-state index < -0.39 is 0 Å². The maximum atomic E-state index is 9.38. The SMILES string of the molecule is CC(C)(C)c1noc([C@H]2C[C@H](O)CN2)n1.Cl. The summed E-state index contributed by atoms with van der Waals surface area (Å²) >= 11 is 0. The molecular weight excluding hydrogens is 230 g/mol. The fourth-order valence-corrected chi connectivity index (χ4v) is 1.59. The molecule has 1 saturated heterocycles. The van der Waals surface area contributed by atoms with Gasteiger partial charge in [0.25, 0.3) is 0 Å². The fourth-order valence-electron chi connectivity index (χ4n) is 1.59. The van der Waals surface area contributed by atoms with E-state index in [1.165, 1.54) is 0 Å². The molecule has 0 aromatic carbocycles. The van der Waals surface area contributed by atoms with Gasteiger partial charge in [-0.1, -0.05) is 25.9 Å². The number of β-amino-alcohol motifs (C(OH)–C–C–N with tert-alkyl or cyclic N) is 1. The lowest BCUT2D eigenvalue weighted by atomic mass is 9.96. The Morgan fingerprint density at radius 1 is 1.44 bits per heavy atom. The molecule has 0 bridgehead atoms. The van der Waals surface area contributed by atoms with E-state index in [-0.39, 0.29) is 30.0 Å². The lowest BCUT2D eigenvalue weighted by Crippen LogP contribution is -2.16. The number of aliphatic hydroxyl groups is 1. The summed E-state index contributed by atoms with van der Waals surface area (Å²) in [5, 5.41) is 16.5. The Balaban J connectivity index is 0.00000128. The first kappa shape index (κ1) is 13.4. The van der Waals surface area contributed by atoms with Gasteiger partial charge in [-0.05, 0) is 6.42 Å². The maximum absolute atomic E-state index is 9.38. The van der Waals surface area contributed by atoms with E-state index in [4.69, 9.17) is 4.52 Å². The van der Waals surface area contributed by atoms with Crippen LogP contribution in [0.15, 0.2) is 4.52 Å². The van der Waals surface area contributed by atoms with Crippen molar-refractivity contribution in [2.45, 2.75) is 44.8 Å². The average Bonchev–Trinajstić information content (AvgIpc) is 2.69. The molecule has 2 heterocycles. The zero-order chi connectivity index (χ0) is 11.1. The third-order valence-corrected chi connectivity index (χ3v) is 2.52. The smallest absolute Gasteiger partial charge is 0.243 e. The molecule has 0 aliphatic carbocycles. The molecule has 2 rings (SSSR count). The number of rotatable bonds is 1. The summed E-state index contributed by atoms with van der Waals surface area (Å²) in [4.78, 5) is 4.35. The minimum atomic E-state index is -0.306. The van der Waals surface area contributed by atoms with E-state index in [1.54, 1.807) is 0 Å². The highest BCUT2D eigenvalue weighted by Crippen LogP contribution is 2.25. The average molecular weight is 248 g/mol. The molecule has 0 unspecified atom stereocenters. The second-order valence-corrected chi connectivity index (χ2v) is 5.06. The van der Waals surface area contributed by atoms with E-state index in [0.29, 0.717) is 24.7 Å². The summed E-state index contributed by atoms with van der Waals surface area (Å²) in [6.45, 7) is 6.72. The molecule has 2 atom stereocenters. The van der Waals surface area contributed by atoms with Crippen LogP contribution in [0.25, 0.3) is 0 Å². The second-order valence-electron chi connectivity index (χ2n) is 5.06. The Kier molecular flexibility index (Phi) is 3.93. The number of aromatic nitrogens is 2. The highest BCUT2D eigenvalue weighted by molar-refractivity contribution is 5.85. The second kappa shape index (κ2) is 4.69. The van der Waals surface area contributed by atoms with Gasteiger partial charge in [0.1, 0.15) is 0 Å². The van der Waals surface area contributed by atoms with E-state index in [2.05, 4.69) is 15.5 Å². The lowest BCUT2D eigenvalue weighted by Gasteiger charge is -2.11. The minimum absolute atomic E-state index is 0. The first-order chi connectivity index (χ1) is 6.97. The van der Waals surface area contributed by atoms with Crippen LogP contribution in [-0.2, 0) is 5.41 Å². The molecule has 6 heteroatoms. The zero-order valence-electron chi connectivity index (χ0n) is 9.73. The number of aliphatic hydroxyl groups excluding tert-OH is 1. The Hall–Kier alpha value is -0.650. The summed E-state index contributed by atoms with van der Waals surface area (Å²) in [6, 6.07) is 0.00333. The topological polar surface area (TPSA) is 71.2 Å². The monoisotopic (exact) mass is 247 g/mol. The lowest BCUT2D eigenvalue weighted by molar-refractivity contribution is 0.191. The molecule has 5 nitrogen and oxygen atoms in total. The molecule has 0 saturated carbocycles. The van der Waals surface area contributed by atoms with Crippen molar-refractivity contribution in [2.24, 2.45) is 0 Å². The summed E-state index contributed by atoms with van der Waals surface area (Å²) in [5.41, 5.74) is -0.0982. The van der Waals surface area contributed by atoms with Crippen molar-refractivity contribution in [3.05, 3.63) is 11.7 Å². The molecule has 16 heavy (non-hydrogen) atoms. The van der Waals surface area contributed by atoms with E-state index >= 15 is 0 Å². The standard InChI is InChI=1S/C10H17N3O2.ClH/c1-10(2,3)9-12-8(15-13-9)7-4-6(14)5-11-7;/h6-7,11,14H,4-5H2,1-3H3;1H/t6-,7+;/m0./s1. The van der Waals surface area contributed by atoms with Gasteiger partial charge < -0.3 is 14.9 Å². The molecular formula is C10H18ClN3O2. The van der Waals surface area contributed by atoms with Crippen molar-refractivity contribution < 1.29 is 9.63 Å². The van der Waals surface area contributed by atoms with Crippen LogP contribution in [0.5, 0.6) is 0 Å². The van der Waals surface area contributed by atoms with Crippen LogP contribution in [0.1, 0.15) is 44.9 Å². The van der Waals surface area contributed by atoms with Gasteiger partial charge in [-0.2, -0.15) is 4.98 Å². The van der Waals surface area contributed by atoms with Crippen molar-refractivity contribution in [1.29, 1.82) is 0 Å². The Labute approximate surface area is 101 Å². The predicted octanol–water partition coefficient (Wildman–Crippen LogP) is 1.18. The normalized spacial score (nSPS) is 25.5. The fraction of sp³-hybridized carbons (Fsp3) is 0.800. The highest BCUT2D eigenvalue weighted by atomic mass is 35.5. The molecule has 2 N–H and O–H groups in total. The molecule has 1 fully saturated rings. The molecule has 92 valence electrons. The van der Waals surface area contributed by atoms with Gasteiger partial charge in [-0.15, -0.1) is 12.4 Å². The number of nitrogens with one attached hydrogen (secondary N) is 1. The molecule has 0 amide bonds. The third-order valence-electron chi connectivity index (χ3n) is 2.52. The predicted molar refractivity (Wildman–Crippen MR) is 61.6 cm³/mol.